The van der Waals surface area contributed by atoms with Crippen molar-refractivity contribution in [2.24, 2.45) is 0 Å². The van der Waals surface area contributed by atoms with Crippen molar-refractivity contribution in [3.05, 3.63) is 52.8 Å². The number of rotatable bonds is 4. The summed E-state index contributed by atoms with van der Waals surface area (Å²) in [5, 5.41) is 10.2. The zero-order chi connectivity index (χ0) is 17.9. The smallest absolute Gasteiger partial charge is 0.272 e. The summed E-state index contributed by atoms with van der Waals surface area (Å²) >= 11 is 0. The SMILES string of the molecule is O=C(NC(C(=O)N1CCCC1)c1ccccc1)c1n[nH]c2c1CCCC2. The van der Waals surface area contributed by atoms with Crippen molar-refractivity contribution in [3.63, 3.8) is 0 Å². The number of aryl methyl sites for hydroxylation is 1. The highest BCUT2D eigenvalue weighted by molar-refractivity contribution is 5.97. The first-order valence-electron chi connectivity index (χ1n) is 9.45. The Balaban J connectivity index is 1.59. The molecule has 1 aliphatic carbocycles. The zero-order valence-electron chi connectivity index (χ0n) is 14.8. The normalized spacial score (nSPS) is 17.6. The molecule has 0 spiro atoms. The number of aromatic amines is 1. The molecule has 2 heterocycles. The Labute approximate surface area is 153 Å². The van der Waals surface area contributed by atoms with Crippen molar-refractivity contribution >= 4 is 11.8 Å². The van der Waals surface area contributed by atoms with E-state index in [1.807, 2.05) is 35.2 Å². The molecule has 1 aromatic heterocycles. The summed E-state index contributed by atoms with van der Waals surface area (Å²) in [4.78, 5) is 27.8. The molecule has 2 N–H and O–H groups in total. The Morgan fingerprint density at radius 3 is 2.54 bits per heavy atom. The molecule has 0 radical (unpaired) electrons. The summed E-state index contributed by atoms with van der Waals surface area (Å²) in [6.07, 6.45) is 6.04. The van der Waals surface area contributed by atoms with Gasteiger partial charge in [-0.15, -0.1) is 0 Å². The number of likely N-dealkylation sites (tertiary alicyclic amines) is 1. The van der Waals surface area contributed by atoms with Gasteiger partial charge in [0, 0.05) is 24.3 Å². The van der Waals surface area contributed by atoms with Gasteiger partial charge in [-0.05, 0) is 44.1 Å². The van der Waals surface area contributed by atoms with Crippen LogP contribution >= 0.6 is 0 Å². The van der Waals surface area contributed by atoms with Crippen LogP contribution in [0.25, 0.3) is 0 Å². The lowest BCUT2D eigenvalue weighted by molar-refractivity contribution is -0.132. The first-order valence-corrected chi connectivity index (χ1v) is 9.45. The summed E-state index contributed by atoms with van der Waals surface area (Å²) in [7, 11) is 0. The van der Waals surface area contributed by atoms with E-state index in [4.69, 9.17) is 0 Å². The topological polar surface area (TPSA) is 78.1 Å². The second-order valence-corrected chi connectivity index (χ2v) is 7.09. The number of hydrogen-bond acceptors (Lipinski definition) is 3. The van der Waals surface area contributed by atoms with E-state index >= 15 is 0 Å². The molecule has 136 valence electrons. The third-order valence-electron chi connectivity index (χ3n) is 5.34. The van der Waals surface area contributed by atoms with Crippen molar-refractivity contribution in [2.45, 2.75) is 44.6 Å². The molecule has 1 aliphatic heterocycles. The molecule has 0 bridgehead atoms. The first kappa shape index (κ1) is 16.8. The molecule has 1 saturated heterocycles. The molecule has 1 atom stereocenters. The van der Waals surface area contributed by atoms with E-state index in [-0.39, 0.29) is 11.8 Å². The van der Waals surface area contributed by atoms with Crippen LogP contribution in [-0.2, 0) is 17.6 Å². The average Bonchev–Trinajstić information content (AvgIpc) is 3.36. The summed E-state index contributed by atoms with van der Waals surface area (Å²) in [6, 6.07) is 8.80. The first-order chi connectivity index (χ1) is 12.7. The highest BCUT2D eigenvalue weighted by atomic mass is 16.2. The molecule has 6 nitrogen and oxygen atoms in total. The van der Waals surface area contributed by atoms with Gasteiger partial charge in [0.25, 0.3) is 5.91 Å². The highest BCUT2D eigenvalue weighted by Crippen LogP contribution is 2.24. The molecule has 6 heteroatoms. The fourth-order valence-electron chi connectivity index (χ4n) is 3.92. The molecular weight excluding hydrogens is 328 g/mol. The van der Waals surface area contributed by atoms with E-state index < -0.39 is 6.04 Å². The van der Waals surface area contributed by atoms with Gasteiger partial charge in [0.1, 0.15) is 6.04 Å². The number of fused-ring (bicyclic) bond motifs is 1. The number of hydrogen-bond donors (Lipinski definition) is 2. The number of H-pyrrole nitrogens is 1. The molecule has 1 aromatic carbocycles. The van der Waals surface area contributed by atoms with Gasteiger partial charge in [0.2, 0.25) is 5.91 Å². The summed E-state index contributed by atoms with van der Waals surface area (Å²) in [5.41, 5.74) is 3.31. The lowest BCUT2D eigenvalue weighted by Crippen LogP contribution is -2.42. The lowest BCUT2D eigenvalue weighted by atomic mass is 9.95. The second-order valence-electron chi connectivity index (χ2n) is 7.09. The van der Waals surface area contributed by atoms with Crippen LogP contribution < -0.4 is 5.32 Å². The Morgan fingerprint density at radius 2 is 1.77 bits per heavy atom. The molecule has 4 rings (SSSR count). The second kappa shape index (κ2) is 7.32. The van der Waals surface area contributed by atoms with Gasteiger partial charge in [0.15, 0.2) is 5.69 Å². The van der Waals surface area contributed by atoms with Crippen LogP contribution in [0.15, 0.2) is 30.3 Å². The van der Waals surface area contributed by atoms with Gasteiger partial charge in [-0.3, -0.25) is 14.7 Å². The maximum absolute atomic E-state index is 13.0. The summed E-state index contributed by atoms with van der Waals surface area (Å²) in [6.45, 7) is 1.52. The molecule has 1 fully saturated rings. The molecule has 2 aromatic rings. The maximum Gasteiger partial charge on any atom is 0.272 e. The molecular formula is C20H24N4O2. The highest BCUT2D eigenvalue weighted by Gasteiger charge is 2.31. The van der Waals surface area contributed by atoms with Crippen LogP contribution in [0.2, 0.25) is 0 Å². The Bertz CT molecular complexity index is 793. The van der Waals surface area contributed by atoms with Crippen LogP contribution in [-0.4, -0.2) is 40.0 Å². The van der Waals surface area contributed by atoms with Crippen LogP contribution in [0, 0.1) is 0 Å². The van der Waals surface area contributed by atoms with E-state index in [1.165, 1.54) is 0 Å². The van der Waals surface area contributed by atoms with Crippen molar-refractivity contribution in [1.29, 1.82) is 0 Å². The van der Waals surface area contributed by atoms with Gasteiger partial charge < -0.3 is 10.2 Å². The fraction of sp³-hybridized carbons (Fsp3) is 0.450. The van der Waals surface area contributed by atoms with Crippen molar-refractivity contribution in [2.75, 3.05) is 13.1 Å². The minimum Gasteiger partial charge on any atom is -0.341 e. The zero-order valence-corrected chi connectivity index (χ0v) is 14.8. The maximum atomic E-state index is 13.0. The average molecular weight is 352 g/mol. The van der Waals surface area contributed by atoms with E-state index in [9.17, 15) is 9.59 Å². The third kappa shape index (κ3) is 3.23. The van der Waals surface area contributed by atoms with E-state index in [0.717, 1.165) is 68.4 Å². The minimum absolute atomic E-state index is 0.0357. The van der Waals surface area contributed by atoms with E-state index in [0.29, 0.717) is 5.69 Å². The number of benzene rings is 1. The van der Waals surface area contributed by atoms with E-state index in [1.54, 1.807) is 0 Å². The third-order valence-corrected chi connectivity index (χ3v) is 5.34. The van der Waals surface area contributed by atoms with Crippen molar-refractivity contribution in [1.82, 2.24) is 20.4 Å². The molecule has 2 amide bonds. The minimum atomic E-state index is -0.669. The van der Waals surface area contributed by atoms with E-state index in [2.05, 4.69) is 15.5 Å². The van der Waals surface area contributed by atoms with Crippen LogP contribution in [0.1, 0.15) is 59.0 Å². The number of amides is 2. The monoisotopic (exact) mass is 352 g/mol. The van der Waals surface area contributed by atoms with Crippen molar-refractivity contribution < 1.29 is 9.59 Å². The molecule has 26 heavy (non-hydrogen) atoms. The summed E-state index contributed by atoms with van der Waals surface area (Å²) in [5.74, 6) is -0.308. The van der Waals surface area contributed by atoms with Gasteiger partial charge >= 0.3 is 0 Å². The van der Waals surface area contributed by atoms with Crippen LogP contribution in [0.5, 0.6) is 0 Å². The molecule has 0 saturated carbocycles. The number of nitrogens with zero attached hydrogens (tertiary/aromatic N) is 2. The standard InChI is InChI=1S/C20H24N4O2/c25-19(18-15-10-4-5-11-16(15)22-23-18)21-17(14-8-2-1-3-9-14)20(26)24-12-6-7-13-24/h1-3,8-9,17H,4-7,10-13H2,(H,21,25)(H,22,23). The van der Waals surface area contributed by atoms with Crippen LogP contribution in [0.4, 0.5) is 0 Å². The van der Waals surface area contributed by atoms with Gasteiger partial charge in [0.05, 0.1) is 0 Å². The number of nitrogens with one attached hydrogen (secondary N) is 2. The predicted molar refractivity (Wildman–Crippen MR) is 97.7 cm³/mol. The van der Waals surface area contributed by atoms with Gasteiger partial charge in [-0.2, -0.15) is 5.10 Å². The number of carbonyl (C=O) groups excluding carboxylic acids is 2. The van der Waals surface area contributed by atoms with Crippen LogP contribution in [0.3, 0.4) is 0 Å². The fourth-order valence-corrected chi connectivity index (χ4v) is 3.92. The Morgan fingerprint density at radius 1 is 1.04 bits per heavy atom. The Kier molecular flexibility index (Phi) is 4.73. The summed E-state index contributed by atoms with van der Waals surface area (Å²) < 4.78 is 0. The quantitative estimate of drug-likeness (QED) is 0.887. The predicted octanol–water partition coefficient (Wildman–Crippen LogP) is 2.38. The molecule has 2 aliphatic rings. The van der Waals surface area contributed by atoms with Gasteiger partial charge in [-0.1, -0.05) is 30.3 Å². The largest absolute Gasteiger partial charge is 0.341 e. The Hall–Kier alpha value is -2.63. The lowest BCUT2D eigenvalue weighted by Gasteiger charge is -2.24. The molecule has 1 unspecified atom stereocenters. The number of aromatic nitrogens is 2. The number of carbonyl (C=O) groups is 2. The van der Waals surface area contributed by atoms with Gasteiger partial charge in [-0.25, -0.2) is 0 Å². The van der Waals surface area contributed by atoms with Crippen molar-refractivity contribution in [3.8, 4) is 0 Å².